The van der Waals surface area contributed by atoms with E-state index in [2.05, 4.69) is 136 Å². The van der Waals surface area contributed by atoms with E-state index in [4.69, 9.17) is 64.3 Å². The number of hydrogen-bond donors (Lipinski definition) is 5. The number of alkyl halides is 5. The molecule has 20 nitrogen and oxygen atoms in total. The van der Waals surface area contributed by atoms with E-state index in [1.807, 2.05) is 196 Å². The van der Waals surface area contributed by atoms with Crippen molar-refractivity contribution < 1.29 is 109 Å². The van der Waals surface area contributed by atoms with Gasteiger partial charge in [-0.15, -0.1) is 0 Å². The maximum Gasteiger partial charge on any atom is 0.320 e. The number of aliphatic carboxylic acids is 2. The second-order valence-electron chi connectivity index (χ2n) is 33.6. The number of phenolic OH excluding ortho intramolecular Hbond substituents is 1. The molecule has 0 aliphatic carbocycles. The van der Waals surface area contributed by atoms with Crippen LogP contribution in [0, 0.1) is 45.1 Å². The number of carboxylic acid groups (broad SMARTS) is 2. The maximum absolute atomic E-state index is 12.1. The molecule has 6 unspecified atom stereocenters. The average Bonchev–Trinajstić information content (AvgIpc) is 0.871. The number of nitrogens with two attached hydrogens (primary N) is 2. The Bertz CT molecular complexity index is 3880. The van der Waals surface area contributed by atoms with E-state index in [9.17, 15) is 55.8 Å². The summed E-state index contributed by atoms with van der Waals surface area (Å²) in [5.41, 5.74) is 15.0. The molecule has 0 amide bonds. The van der Waals surface area contributed by atoms with Gasteiger partial charge in [-0.25, -0.2) is 0 Å². The highest BCUT2D eigenvalue weighted by molar-refractivity contribution is 14.1. The molecule has 0 aliphatic heterocycles. The van der Waals surface area contributed by atoms with Gasteiger partial charge >= 0.3 is 35.8 Å². The monoisotopic (exact) mass is 2430 g/mol. The lowest BCUT2D eigenvalue weighted by Crippen LogP contribution is -2.32. The Morgan fingerprint density at radius 1 is 0.304 bits per heavy atom. The first-order valence-electron chi connectivity index (χ1n) is 41.7. The average molecular weight is 2430 g/mol. The van der Waals surface area contributed by atoms with Crippen LogP contribution in [0.25, 0.3) is 0 Å². The highest BCUT2D eigenvalue weighted by atomic mass is 127. The smallest absolute Gasteiger partial charge is 0.320 e. The van der Waals surface area contributed by atoms with Crippen molar-refractivity contribution in [1.29, 1.82) is 0 Å². The molecule has 7 N–H and O–H groups in total. The minimum absolute atomic E-state index is 0.192. The number of hydrogen-bond acceptors (Lipinski definition) is 18. The van der Waals surface area contributed by atoms with Crippen LogP contribution >= 0.6 is 136 Å². The quantitative estimate of drug-likeness (QED) is 0.00781. The molecular formula is C94H131F5I6N2O18. The normalized spacial score (nSPS) is 12.6. The molecule has 0 spiro atoms. The molecule has 702 valence electrons. The molecule has 0 bridgehead atoms. The molecule has 6 rings (SSSR count). The topological polar surface area (TPSA) is 298 Å². The van der Waals surface area contributed by atoms with Crippen molar-refractivity contribution in [2.75, 3.05) is 66.4 Å². The summed E-state index contributed by atoms with van der Waals surface area (Å²) in [6.45, 7) is 30.7. The third-order valence-corrected chi connectivity index (χ3v) is 23.3. The number of unbranched alkanes of at least 4 members (excludes halogenated alkanes) is 5. The largest absolute Gasteiger partial charge is 0.508 e. The van der Waals surface area contributed by atoms with E-state index >= 15 is 0 Å². The zero-order valence-corrected chi connectivity index (χ0v) is 88.0. The molecule has 0 radical (unpaired) electrons. The van der Waals surface area contributed by atoms with Gasteiger partial charge in [0.2, 0.25) is 0 Å². The SMILES string of the molecule is CC(Cc1cc(O)ccc1I)C(=O)OC(C)(C)C.CC(Cc1cc(OCCCCF)ccc1I)C(=O)OC(C)(C)C.CC(Cc1cc(OCCCCF)ccc1I)C(=O)OC(C)(C)C.CC(Cc1cc(OCCCCF)ccc1I)C(=O)OC(C)(C)C.NC(Cc1cc(OCCCCF)ccc1I)C(=O)O.NC(Cc1cc(OCCCCF)ccc1I)C(=O)O. The van der Waals surface area contributed by atoms with Gasteiger partial charge in [0.15, 0.2) is 0 Å². The second kappa shape index (κ2) is 63.0. The van der Waals surface area contributed by atoms with Crippen LogP contribution < -0.4 is 35.2 Å². The summed E-state index contributed by atoms with van der Waals surface area (Å²) in [7, 11) is 0. The van der Waals surface area contributed by atoms with Crippen LogP contribution in [0.4, 0.5) is 22.0 Å². The summed E-state index contributed by atoms with van der Waals surface area (Å²) < 4.78 is 116. The van der Waals surface area contributed by atoms with Crippen molar-refractivity contribution in [2.45, 2.75) is 248 Å². The lowest BCUT2D eigenvalue weighted by atomic mass is 10.0. The minimum atomic E-state index is -1.02. The van der Waals surface area contributed by atoms with E-state index in [0.29, 0.717) is 134 Å². The Morgan fingerprint density at radius 2 is 0.480 bits per heavy atom. The number of carbonyl (C=O) groups excluding carboxylic acids is 4. The molecule has 0 aliphatic rings. The molecule has 6 aromatic rings. The summed E-state index contributed by atoms with van der Waals surface area (Å²) >= 11 is 13.2. The summed E-state index contributed by atoms with van der Waals surface area (Å²) in [6, 6.07) is 31.8. The first-order chi connectivity index (χ1) is 58.4. The number of benzene rings is 6. The predicted molar refractivity (Wildman–Crippen MR) is 534 cm³/mol. The first kappa shape index (κ1) is 118. The Balaban J connectivity index is 0.000000752. The van der Waals surface area contributed by atoms with Gasteiger partial charge in [0.1, 0.15) is 69.0 Å². The molecule has 6 aromatic carbocycles. The lowest BCUT2D eigenvalue weighted by Gasteiger charge is -2.22. The Morgan fingerprint density at radius 3 is 0.656 bits per heavy atom. The molecule has 0 fully saturated rings. The van der Waals surface area contributed by atoms with Crippen molar-refractivity contribution >= 4 is 171 Å². The summed E-state index contributed by atoms with van der Waals surface area (Å²) in [5.74, 6) is 0.116. The lowest BCUT2D eigenvalue weighted by molar-refractivity contribution is -0.160. The molecule has 0 aromatic heterocycles. The standard InChI is InChI=1S/3C18H26FIO3.C14H19IO3.2C13H17FINO3/c3*1-13(17(21)23-18(2,3)4)11-14-12-15(7-8-16(14)20)22-10-6-5-9-19;1-9(13(17)18-14(2,3)4)7-10-8-11(16)5-6-12(10)15;2*14-5-1-2-6-19-10-3-4-11(15)9(7-10)8-12(16)13(17)18/h3*7-8,12-13H,5-6,9-11H2,1-4H3;5-6,8-9,16H,7H2,1-4H3;2*3-4,7,12H,1-2,5-6,8,16H2,(H,17,18). The first-order valence-corrected chi connectivity index (χ1v) is 48.1. The fraction of sp³-hybridized carbons (Fsp3) is 0.553. The van der Waals surface area contributed by atoms with Crippen molar-refractivity contribution in [3.8, 4) is 34.5 Å². The summed E-state index contributed by atoms with van der Waals surface area (Å²) in [4.78, 5) is 69.7. The van der Waals surface area contributed by atoms with Crippen LogP contribution in [0.1, 0.15) is 208 Å². The van der Waals surface area contributed by atoms with Crippen LogP contribution in [0.15, 0.2) is 109 Å². The molecule has 31 heteroatoms. The zero-order chi connectivity index (χ0) is 94.8. The van der Waals surface area contributed by atoms with Crippen LogP contribution in [0.3, 0.4) is 0 Å². The summed E-state index contributed by atoms with van der Waals surface area (Å²) in [5, 5.41) is 27.1. The van der Waals surface area contributed by atoms with E-state index in [-0.39, 0.29) is 99.5 Å². The molecule has 0 saturated carbocycles. The highest BCUT2D eigenvalue weighted by Crippen LogP contribution is 2.31. The van der Waals surface area contributed by atoms with Gasteiger partial charge in [-0.05, 0) is 464 Å². The second-order valence-corrected chi connectivity index (χ2v) is 40.6. The Labute approximate surface area is 819 Å². The summed E-state index contributed by atoms with van der Waals surface area (Å²) in [6.07, 6.45) is 8.86. The fourth-order valence-electron chi connectivity index (χ4n) is 10.5. The third kappa shape index (κ3) is 55.6. The molecule has 0 heterocycles. The van der Waals surface area contributed by atoms with Gasteiger partial charge in [0.05, 0.1) is 90.1 Å². The minimum Gasteiger partial charge on any atom is -0.508 e. The Hall–Kier alpha value is -5.11. The van der Waals surface area contributed by atoms with Crippen molar-refractivity contribution in [2.24, 2.45) is 35.1 Å². The van der Waals surface area contributed by atoms with Gasteiger partial charge in [-0.3, -0.25) is 50.7 Å². The number of carboxylic acids is 2. The Kier molecular flexibility index (Phi) is 59.5. The van der Waals surface area contributed by atoms with E-state index in [0.717, 1.165) is 72.1 Å². The highest BCUT2D eigenvalue weighted by Gasteiger charge is 2.28. The van der Waals surface area contributed by atoms with Crippen LogP contribution in [-0.4, -0.2) is 152 Å². The van der Waals surface area contributed by atoms with E-state index in [1.165, 1.54) is 0 Å². The van der Waals surface area contributed by atoms with Crippen LogP contribution in [0.2, 0.25) is 0 Å². The molecule has 0 saturated heterocycles. The van der Waals surface area contributed by atoms with E-state index < -0.39 is 46.4 Å². The number of esters is 4. The number of rotatable bonds is 43. The molecule has 125 heavy (non-hydrogen) atoms. The van der Waals surface area contributed by atoms with E-state index in [1.54, 1.807) is 24.3 Å². The molecule has 6 atom stereocenters. The predicted octanol–water partition coefficient (Wildman–Crippen LogP) is 23.1. The molecular weight excluding hydrogens is 2300 g/mol. The number of ether oxygens (including phenoxy) is 9. The van der Waals surface area contributed by atoms with Gasteiger partial charge in [0.25, 0.3) is 0 Å². The van der Waals surface area contributed by atoms with Gasteiger partial charge in [-0.2, -0.15) is 0 Å². The van der Waals surface area contributed by atoms with Crippen LogP contribution in [-0.2, 0) is 86.2 Å². The third-order valence-electron chi connectivity index (χ3n) is 17.0. The number of halogens is 11. The van der Waals surface area contributed by atoms with Crippen molar-refractivity contribution in [3.05, 3.63) is 164 Å². The number of phenols is 1. The van der Waals surface area contributed by atoms with Gasteiger partial charge < -0.3 is 69.4 Å². The van der Waals surface area contributed by atoms with Gasteiger partial charge in [-0.1, -0.05) is 27.7 Å². The fourth-order valence-corrected chi connectivity index (χ4v) is 13.9. The zero-order valence-electron chi connectivity index (χ0n) is 75.0. The van der Waals surface area contributed by atoms with Crippen LogP contribution in [0.5, 0.6) is 34.5 Å². The van der Waals surface area contributed by atoms with Gasteiger partial charge in [0, 0.05) is 21.4 Å². The van der Waals surface area contributed by atoms with Crippen molar-refractivity contribution in [1.82, 2.24) is 0 Å². The van der Waals surface area contributed by atoms with Crippen molar-refractivity contribution in [3.63, 3.8) is 0 Å². The number of aromatic hydroxyl groups is 1. The maximum atomic E-state index is 12.1. The number of carbonyl (C=O) groups is 6.